The van der Waals surface area contributed by atoms with Crippen LogP contribution in [0.5, 0.6) is 0 Å². The van der Waals surface area contributed by atoms with Crippen molar-refractivity contribution in [2.45, 2.75) is 13.5 Å². The maximum absolute atomic E-state index is 4.20. The maximum atomic E-state index is 4.20. The van der Waals surface area contributed by atoms with E-state index in [0.29, 0.717) is 0 Å². The standard InChI is InChI=1S/C10H13N5/c1-2-12-10-5-9(3-4-13-10)6-15-8-11-7-14-15/h3-5,7-8H,2,6H2,1H3,(H,12,13). The summed E-state index contributed by atoms with van der Waals surface area (Å²) in [5.74, 6) is 0.898. The molecule has 5 heteroatoms. The molecule has 0 unspecified atom stereocenters. The van der Waals surface area contributed by atoms with E-state index in [9.17, 15) is 0 Å². The van der Waals surface area contributed by atoms with Gasteiger partial charge in [-0.15, -0.1) is 0 Å². The highest BCUT2D eigenvalue weighted by atomic mass is 15.3. The molecule has 0 saturated carbocycles. The summed E-state index contributed by atoms with van der Waals surface area (Å²) in [5.41, 5.74) is 1.16. The van der Waals surface area contributed by atoms with Crippen molar-refractivity contribution < 1.29 is 0 Å². The number of nitrogens with one attached hydrogen (secondary N) is 1. The second-order valence-corrected chi connectivity index (χ2v) is 3.17. The topological polar surface area (TPSA) is 55.6 Å². The number of anilines is 1. The fourth-order valence-corrected chi connectivity index (χ4v) is 1.35. The second kappa shape index (κ2) is 4.54. The van der Waals surface area contributed by atoms with Gasteiger partial charge in [0, 0.05) is 12.7 Å². The summed E-state index contributed by atoms with van der Waals surface area (Å²) >= 11 is 0. The van der Waals surface area contributed by atoms with Gasteiger partial charge in [-0.05, 0) is 24.6 Å². The highest BCUT2D eigenvalue weighted by Gasteiger charge is 1.97. The molecule has 2 heterocycles. The minimum atomic E-state index is 0.723. The zero-order chi connectivity index (χ0) is 10.5. The SMILES string of the molecule is CCNc1cc(Cn2cncn2)ccn1. The molecule has 0 aliphatic carbocycles. The van der Waals surface area contributed by atoms with E-state index in [-0.39, 0.29) is 0 Å². The van der Waals surface area contributed by atoms with E-state index in [2.05, 4.69) is 20.4 Å². The van der Waals surface area contributed by atoms with Crippen molar-refractivity contribution in [1.29, 1.82) is 0 Å². The van der Waals surface area contributed by atoms with E-state index in [1.54, 1.807) is 17.2 Å². The second-order valence-electron chi connectivity index (χ2n) is 3.17. The van der Waals surface area contributed by atoms with Crippen LogP contribution in [0.3, 0.4) is 0 Å². The molecule has 2 rings (SSSR count). The van der Waals surface area contributed by atoms with Gasteiger partial charge in [-0.3, -0.25) is 0 Å². The van der Waals surface area contributed by atoms with Crippen LogP contribution in [0.2, 0.25) is 0 Å². The van der Waals surface area contributed by atoms with Gasteiger partial charge < -0.3 is 5.32 Å². The molecular formula is C10H13N5. The predicted octanol–water partition coefficient (Wildman–Crippen LogP) is 1.15. The van der Waals surface area contributed by atoms with Crippen LogP contribution in [0.15, 0.2) is 31.0 Å². The first kappa shape index (κ1) is 9.64. The zero-order valence-corrected chi connectivity index (χ0v) is 8.59. The summed E-state index contributed by atoms with van der Waals surface area (Å²) in [7, 11) is 0. The van der Waals surface area contributed by atoms with Crippen molar-refractivity contribution in [3.8, 4) is 0 Å². The minimum Gasteiger partial charge on any atom is -0.370 e. The van der Waals surface area contributed by atoms with Crippen molar-refractivity contribution >= 4 is 5.82 Å². The Morgan fingerprint density at radius 3 is 3.13 bits per heavy atom. The Bertz CT molecular complexity index is 410. The van der Waals surface area contributed by atoms with E-state index in [4.69, 9.17) is 0 Å². The fraction of sp³-hybridized carbons (Fsp3) is 0.300. The fourth-order valence-electron chi connectivity index (χ4n) is 1.35. The Labute approximate surface area is 88.2 Å². The molecule has 1 N–H and O–H groups in total. The maximum Gasteiger partial charge on any atom is 0.137 e. The third kappa shape index (κ3) is 2.52. The Morgan fingerprint density at radius 1 is 1.47 bits per heavy atom. The van der Waals surface area contributed by atoms with Crippen molar-refractivity contribution in [2.24, 2.45) is 0 Å². The van der Waals surface area contributed by atoms with E-state index in [1.165, 1.54) is 6.33 Å². The van der Waals surface area contributed by atoms with Gasteiger partial charge in [-0.25, -0.2) is 14.6 Å². The molecular weight excluding hydrogens is 190 g/mol. The van der Waals surface area contributed by atoms with Crippen LogP contribution in [0, 0.1) is 0 Å². The number of hydrogen-bond acceptors (Lipinski definition) is 4. The van der Waals surface area contributed by atoms with E-state index < -0.39 is 0 Å². The molecule has 0 amide bonds. The normalized spacial score (nSPS) is 10.2. The summed E-state index contributed by atoms with van der Waals surface area (Å²) in [6.07, 6.45) is 5.03. The monoisotopic (exact) mass is 203 g/mol. The molecule has 15 heavy (non-hydrogen) atoms. The lowest BCUT2D eigenvalue weighted by atomic mass is 10.2. The van der Waals surface area contributed by atoms with Gasteiger partial charge >= 0.3 is 0 Å². The summed E-state index contributed by atoms with van der Waals surface area (Å²) in [6, 6.07) is 3.99. The number of aromatic nitrogens is 4. The quantitative estimate of drug-likeness (QED) is 0.810. The number of hydrogen-bond donors (Lipinski definition) is 1. The number of pyridine rings is 1. The Morgan fingerprint density at radius 2 is 2.40 bits per heavy atom. The van der Waals surface area contributed by atoms with Crippen LogP contribution in [0.25, 0.3) is 0 Å². The summed E-state index contributed by atoms with van der Waals surface area (Å²) in [4.78, 5) is 8.10. The third-order valence-corrected chi connectivity index (χ3v) is 1.99. The predicted molar refractivity (Wildman–Crippen MR) is 57.5 cm³/mol. The molecule has 0 atom stereocenters. The van der Waals surface area contributed by atoms with Gasteiger partial charge in [-0.1, -0.05) is 0 Å². The van der Waals surface area contributed by atoms with Crippen LogP contribution in [-0.2, 0) is 6.54 Å². The summed E-state index contributed by atoms with van der Waals surface area (Å²) in [6.45, 7) is 3.65. The lowest BCUT2D eigenvalue weighted by Gasteiger charge is -2.05. The first-order valence-corrected chi connectivity index (χ1v) is 4.89. The van der Waals surface area contributed by atoms with Gasteiger partial charge in [0.2, 0.25) is 0 Å². The lowest BCUT2D eigenvalue weighted by molar-refractivity contribution is 0.684. The Balaban J connectivity index is 2.11. The van der Waals surface area contributed by atoms with Gasteiger partial charge in [0.05, 0.1) is 6.54 Å². The molecule has 0 fully saturated rings. The summed E-state index contributed by atoms with van der Waals surface area (Å²) in [5, 5.41) is 7.22. The zero-order valence-electron chi connectivity index (χ0n) is 8.59. The number of rotatable bonds is 4. The molecule has 0 radical (unpaired) electrons. The van der Waals surface area contributed by atoms with Gasteiger partial charge in [0.15, 0.2) is 0 Å². The minimum absolute atomic E-state index is 0.723. The first-order chi connectivity index (χ1) is 7.38. The van der Waals surface area contributed by atoms with Crippen molar-refractivity contribution in [3.05, 3.63) is 36.5 Å². The van der Waals surface area contributed by atoms with Crippen molar-refractivity contribution in [3.63, 3.8) is 0 Å². The van der Waals surface area contributed by atoms with Gasteiger partial charge in [-0.2, -0.15) is 5.10 Å². The molecule has 2 aromatic rings. The lowest BCUT2D eigenvalue weighted by Crippen LogP contribution is -2.03. The Kier molecular flexibility index (Phi) is 2.92. The van der Waals surface area contributed by atoms with E-state index >= 15 is 0 Å². The van der Waals surface area contributed by atoms with Crippen LogP contribution >= 0.6 is 0 Å². The number of nitrogens with zero attached hydrogens (tertiary/aromatic N) is 4. The van der Waals surface area contributed by atoms with E-state index in [1.807, 2.05) is 19.1 Å². The molecule has 2 aromatic heterocycles. The van der Waals surface area contributed by atoms with Gasteiger partial charge in [0.25, 0.3) is 0 Å². The van der Waals surface area contributed by atoms with Crippen molar-refractivity contribution in [1.82, 2.24) is 19.7 Å². The molecule has 0 bridgehead atoms. The molecule has 0 aromatic carbocycles. The molecule has 0 aliphatic rings. The third-order valence-electron chi connectivity index (χ3n) is 1.99. The van der Waals surface area contributed by atoms with Gasteiger partial charge in [0.1, 0.15) is 18.5 Å². The van der Waals surface area contributed by atoms with Crippen LogP contribution in [0.1, 0.15) is 12.5 Å². The van der Waals surface area contributed by atoms with Crippen LogP contribution < -0.4 is 5.32 Å². The molecule has 5 nitrogen and oxygen atoms in total. The van der Waals surface area contributed by atoms with Crippen molar-refractivity contribution in [2.75, 3.05) is 11.9 Å². The molecule has 0 spiro atoms. The molecule has 78 valence electrons. The smallest absolute Gasteiger partial charge is 0.137 e. The largest absolute Gasteiger partial charge is 0.370 e. The molecule has 0 saturated heterocycles. The first-order valence-electron chi connectivity index (χ1n) is 4.89. The van der Waals surface area contributed by atoms with E-state index in [0.717, 1.165) is 24.5 Å². The summed E-state index contributed by atoms with van der Waals surface area (Å²) < 4.78 is 1.78. The molecule has 0 aliphatic heterocycles. The van der Waals surface area contributed by atoms with Crippen LogP contribution in [-0.4, -0.2) is 26.3 Å². The average Bonchev–Trinajstić information content (AvgIpc) is 2.71. The highest BCUT2D eigenvalue weighted by molar-refractivity contribution is 5.37. The van der Waals surface area contributed by atoms with Crippen LogP contribution in [0.4, 0.5) is 5.82 Å². The Hall–Kier alpha value is -1.91. The highest BCUT2D eigenvalue weighted by Crippen LogP contribution is 2.07. The average molecular weight is 203 g/mol.